The molecule has 0 spiro atoms. The Labute approximate surface area is 125 Å². The van der Waals surface area contributed by atoms with Gasteiger partial charge in [0.2, 0.25) is 0 Å². The normalized spacial score (nSPS) is 18.7. The summed E-state index contributed by atoms with van der Waals surface area (Å²) in [5, 5.41) is 9.61. The van der Waals surface area contributed by atoms with Crippen LogP contribution in [0, 0.1) is 0 Å². The molecule has 1 saturated heterocycles. The summed E-state index contributed by atoms with van der Waals surface area (Å²) in [6.45, 7) is 4.25. The molecule has 110 valence electrons. The van der Waals surface area contributed by atoms with E-state index in [1.54, 1.807) is 0 Å². The van der Waals surface area contributed by atoms with Crippen LogP contribution in [0.3, 0.4) is 0 Å². The molecular weight excluding hydrogens is 272 g/mol. The maximum Gasteiger partial charge on any atom is 0.119 e. The van der Waals surface area contributed by atoms with E-state index in [0.717, 1.165) is 37.2 Å². The molecule has 20 heavy (non-hydrogen) atoms. The third-order valence-corrected chi connectivity index (χ3v) is 3.86. The van der Waals surface area contributed by atoms with Gasteiger partial charge in [-0.05, 0) is 37.5 Å². The number of nitrogens with two attached hydrogens (primary N) is 1. The minimum atomic E-state index is -0.196. The number of thiocarbonyl (C=S) groups is 1. The fourth-order valence-corrected chi connectivity index (χ4v) is 2.90. The second-order valence-electron chi connectivity index (χ2n) is 5.07. The summed E-state index contributed by atoms with van der Waals surface area (Å²) in [4.78, 5) is 2.72. The van der Waals surface area contributed by atoms with Crippen molar-refractivity contribution >= 4 is 17.2 Å². The molecule has 0 aliphatic carbocycles. The van der Waals surface area contributed by atoms with E-state index >= 15 is 0 Å². The predicted molar refractivity (Wildman–Crippen MR) is 84.0 cm³/mol. The first-order valence-electron chi connectivity index (χ1n) is 7.06. The zero-order valence-corrected chi connectivity index (χ0v) is 12.6. The van der Waals surface area contributed by atoms with Gasteiger partial charge in [0, 0.05) is 13.1 Å². The van der Waals surface area contributed by atoms with Gasteiger partial charge in [0.15, 0.2) is 0 Å². The van der Waals surface area contributed by atoms with Crippen LogP contribution in [0.4, 0.5) is 0 Å². The van der Waals surface area contributed by atoms with Crippen LogP contribution < -0.4 is 10.5 Å². The van der Waals surface area contributed by atoms with Crippen LogP contribution in [0.15, 0.2) is 24.3 Å². The lowest BCUT2D eigenvalue weighted by molar-refractivity contribution is 0.0739. The molecule has 4 nitrogen and oxygen atoms in total. The number of piperidine rings is 1. The maximum atomic E-state index is 9.61. The number of nitrogens with zero attached hydrogens (tertiary/aromatic N) is 1. The summed E-state index contributed by atoms with van der Waals surface area (Å²) in [6.07, 6.45) is 1.35. The fourth-order valence-electron chi connectivity index (χ4n) is 2.61. The van der Waals surface area contributed by atoms with Crippen molar-refractivity contribution in [1.29, 1.82) is 0 Å². The number of hydrogen-bond donors (Lipinski definition) is 2. The van der Waals surface area contributed by atoms with Crippen LogP contribution in [0.5, 0.6) is 5.75 Å². The van der Waals surface area contributed by atoms with Crippen LogP contribution in [-0.2, 0) is 0 Å². The topological polar surface area (TPSA) is 58.7 Å². The van der Waals surface area contributed by atoms with Gasteiger partial charge in [-0.1, -0.05) is 24.4 Å². The Morgan fingerprint density at radius 1 is 1.40 bits per heavy atom. The van der Waals surface area contributed by atoms with E-state index in [-0.39, 0.29) is 12.1 Å². The van der Waals surface area contributed by atoms with Gasteiger partial charge >= 0.3 is 0 Å². The molecule has 2 rings (SSSR count). The van der Waals surface area contributed by atoms with E-state index in [9.17, 15) is 5.11 Å². The van der Waals surface area contributed by atoms with E-state index in [4.69, 9.17) is 22.7 Å². The highest BCUT2D eigenvalue weighted by Gasteiger charge is 2.27. The van der Waals surface area contributed by atoms with Crippen molar-refractivity contribution in [3.05, 3.63) is 29.8 Å². The monoisotopic (exact) mass is 294 g/mol. The van der Waals surface area contributed by atoms with Crippen LogP contribution in [0.1, 0.15) is 31.4 Å². The van der Waals surface area contributed by atoms with E-state index in [0.29, 0.717) is 11.6 Å². The fraction of sp³-hybridized carbons (Fsp3) is 0.533. The van der Waals surface area contributed by atoms with Crippen LogP contribution in [0.25, 0.3) is 0 Å². The second kappa shape index (κ2) is 7.02. The molecule has 1 atom stereocenters. The zero-order chi connectivity index (χ0) is 14.5. The summed E-state index contributed by atoms with van der Waals surface area (Å²) < 4.78 is 5.45. The molecular formula is C15H22N2O2S. The Morgan fingerprint density at radius 2 is 2.00 bits per heavy atom. The van der Waals surface area contributed by atoms with Crippen molar-refractivity contribution in [3.8, 4) is 5.75 Å². The van der Waals surface area contributed by atoms with Gasteiger partial charge in [0.1, 0.15) is 5.75 Å². The number of aliphatic hydroxyl groups is 1. The first kappa shape index (κ1) is 15.2. The molecule has 1 aromatic carbocycles. The molecule has 1 aliphatic rings. The lowest BCUT2D eigenvalue weighted by Gasteiger charge is -2.35. The Bertz CT molecular complexity index is 442. The molecule has 1 unspecified atom stereocenters. The SMILES string of the molecule is CCOc1ccc(C(C(N)=S)N2CCC(O)CC2)cc1. The van der Waals surface area contributed by atoms with Crippen LogP contribution in [-0.4, -0.2) is 40.8 Å². The Kier molecular flexibility index (Phi) is 5.34. The molecule has 0 radical (unpaired) electrons. The van der Waals surface area contributed by atoms with Gasteiger partial charge in [-0.25, -0.2) is 0 Å². The van der Waals surface area contributed by atoms with Gasteiger partial charge in [-0.2, -0.15) is 0 Å². The maximum absolute atomic E-state index is 9.61. The van der Waals surface area contributed by atoms with Gasteiger partial charge < -0.3 is 15.6 Å². The summed E-state index contributed by atoms with van der Waals surface area (Å²) in [6, 6.07) is 7.86. The Balaban J connectivity index is 2.13. The summed E-state index contributed by atoms with van der Waals surface area (Å²) in [5.41, 5.74) is 7.01. The third-order valence-electron chi connectivity index (χ3n) is 3.64. The van der Waals surface area contributed by atoms with Crippen LogP contribution in [0.2, 0.25) is 0 Å². The van der Waals surface area contributed by atoms with E-state index in [1.165, 1.54) is 0 Å². The summed E-state index contributed by atoms with van der Waals surface area (Å²) in [5.74, 6) is 0.854. The van der Waals surface area contributed by atoms with Gasteiger partial charge in [-0.15, -0.1) is 0 Å². The summed E-state index contributed by atoms with van der Waals surface area (Å²) in [7, 11) is 0. The van der Waals surface area contributed by atoms with Gasteiger partial charge in [0.25, 0.3) is 0 Å². The van der Waals surface area contributed by atoms with Crippen molar-refractivity contribution in [2.45, 2.75) is 31.9 Å². The molecule has 1 aliphatic heterocycles. The first-order chi connectivity index (χ1) is 9.61. The number of rotatable bonds is 5. The van der Waals surface area contributed by atoms with Crippen molar-refractivity contribution < 1.29 is 9.84 Å². The van der Waals surface area contributed by atoms with Gasteiger partial charge in [0.05, 0.1) is 23.7 Å². The molecule has 3 N–H and O–H groups in total. The minimum absolute atomic E-state index is 0.0619. The molecule has 5 heteroatoms. The highest BCUT2D eigenvalue weighted by atomic mass is 32.1. The highest BCUT2D eigenvalue weighted by molar-refractivity contribution is 7.80. The Morgan fingerprint density at radius 3 is 2.50 bits per heavy atom. The average Bonchev–Trinajstić information content (AvgIpc) is 2.43. The molecule has 1 aromatic rings. The molecule has 0 bridgehead atoms. The number of aliphatic hydroxyl groups excluding tert-OH is 1. The molecule has 0 aromatic heterocycles. The predicted octanol–water partition coefficient (Wildman–Crippen LogP) is 1.87. The quantitative estimate of drug-likeness (QED) is 0.812. The first-order valence-corrected chi connectivity index (χ1v) is 7.47. The zero-order valence-electron chi connectivity index (χ0n) is 11.8. The lowest BCUT2D eigenvalue weighted by Crippen LogP contribution is -2.43. The number of ether oxygens (including phenoxy) is 1. The average molecular weight is 294 g/mol. The number of likely N-dealkylation sites (tertiary alicyclic amines) is 1. The van der Waals surface area contributed by atoms with Crippen molar-refractivity contribution in [2.24, 2.45) is 5.73 Å². The number of hydrogen-bond acceptors (Lipinski definition) is 4. The summed E-state index contributed by atoms with van der Waals surface area (Å²) >= 11 is 5.24. The second-order valence-corrected chi connectivity index (χ2v) is 5.55. The van der Waals surface area contributed by atoms with E-state index in [2.05, 4.69) is 4.90 Å². The van der Waals surface area contributed by atoms with E-state index < -0.39 is 0 Å². The minimum Gasteiger partial charge on any atom is -0.494 e. The standard InChI is InChI=1S/C15H22N2O2S/c1-2-19-13-5-3-11(4-6-13)14(15(16)20)17-9-7-12(18)8-10-17/h3-6,12,14,18H,2,7-10H2,1H3,(H2,16,20). The van der Waals surface area contributed by atoms with Gasteiger partial charge in [-0.3, -0.25) is 4.90 Å². The highest BCUT2D eigenvalue weighted by Crippen LogP contribution is 2.26. The molecule has 1 fully saturated rings. The molecule has 0 saturated carbocycles. The van der Waals surface area contributed by atoms with Crippen LogP contribution >= 0.6 is 12.2 Å². The smallest absolute Gasteiger partial charge is 0.119 e. The lowest BCUT2D eigenvalue weighted by atomic mass is 10.0. The molecule has 1 heterocycles. The Hall–Kier alpha value is -1.17. The third kappa shape index (κ3) is 3.69. The number of benzene rings is 1. The largest absolute Gasteiger partial charge is 0.494 e. The molecule has 0 amide bonds. The van der Waals surface area contributed by atoms with E-state index in [1.807, 2.05) is 31.2 Å². The van der Waals surface area contributed by atoms with Crippen molar-refractivity contribution in [3.63, 3.8) is 0 Å². The van der Waals surface area contributed by atoms with Crippen molar-refractivity contribution in [2.75, 3.05) is 19.7 Å². The van der Waals surface area contributed by atoms with Crippen molar-refractivity contribution in [1.82, 2.24) is 4.90 Å².